The molecule has 0 aliphatic carbocycles. The van der Waals surface area contributed by atoms with Crippen molar-refractivity contribution in [3.63, 3.8) is 0 Å². The van der Waals surface area contributed by atoms with E-state index in [1.54, 1.807) is 0 Å². The molecule has 0 spiro atoms. The number of carbonyl (C=O) groups is 2. The van der Waals surface area contributed by atoms with Gasteiger partial charge in [0.2, 0.25) is 5.91 Å². The van der Waals surface area contributed by atoms with E-state index in [2.05, 4.69) is 66.5 Å². The highest BCUT2D eigenvalue weighted by Gasteiger charge is 2.38. The molecular formula is C35H44N2O4. The highest BCUT2D eigenvalue weighted by atomic mass is 16.6. The van der Waals surface area contributed by atoms with Crippen molar-refractivity contribution >= 4 is 22.8 Å². The van der Waals surface area contributed by atoms with Crippen molar-refractivity contribution in [1.29, 1.82) is 0 Å². The quantitative estimate of drug-likeness (QED) is 0.180. The summed E-state index contributed by atoms with van der Waals surface area (Å²) in [7, 11) is 0. The van der Waals surface area contributed by atoms with Crippen LogP contribution in [0, 0.1) is 5.92 Å². The molecule has 1 heterocycles. The third-order valence-corrected chi connectivity index (χ3v) is 7.51. The fourth-order valence-corrected chi connectivity index (χ4v) is 5.47. The molecule has 0 saturated carbocycles. The smallest absolute Gasteiger partial charge is 0.407 e. The van der Waals surface area contributed by atoms with Gasteiger partial charge in [-0.2, -0.15) is 0 Å². The molecule has 1 aliphatic rings. The predicted molar refractivity (Wildman–Crippen MR) is 165 cm³/mol. The van der Waals surface area contributed by atoms with Crippen molar-refractivity contribution in [2.45, 2.75) is 70.9 Å². The number of aryl methyl sites for hydroxylation is 1. The highest BCUT2D eigenvalue weighted by molar-refractivity contribution is 5.86. The van der Waals surface area contributed by atoms with Gasteiger partial charge >= 0.3 is 6.09 Å². The van der Waals surface area contributed by atoms with E-state index in [0.29, 0.717) is 26.1 Å². The Balaban J connectivity index is 1.26. The number of unbranched alkanes of at least 4 members (excludes halogenated alkanes) is 1. The third-order valence-electron chi connectivity index (χ3n) is 7.51. The van der Waals surface area contributed by atoms with Crippen LogP contribution in [0.2, 0.25) is 0 Å². The van der Waals surface area contributed by atoms with Gasteiger partial charge in [-0.3, -0.25) is 4.79 Å². The number of hydrogen-bond donors (Lipinski definition) is 1. The number of allylic oxidation sites excluding steroid dienone is 1. The summed E-state index contributed by atoms with van der Waals surface area (Å²) >= 11 is 0. The van der Waals surface area contributed by atoms with Crippen LogP contribution < -0.4 is 10.1 Å². The van der Waals surface area contributed by atoms with Crippen molar-refractivity contribution in [3.8, 4) is 5.75 Å². The zero-order valence-corrected chi connectivity index (χ0v) is 24.7. The van der Waals surface area contributed by atoms with Crippen LogP contribution in [0.1, 0.15) is 57.6 Å². The number of alkyl carbamates (subject to hydrolysis) is 1. The first-order valence-corrected chi connectivity index (χ1v) is 14.8. The van der Waals surface area contributed by atoms with Crippen LogP contribution in [0.25, 0.3) is 10.8 Å². The summed E-state index contributed by atoms with van der Waals surface area (Å²) < 4.78 is 11.5. The van der Waals surface area contributed by atoms with Crippen LogP contribution in [-0.4, -0.2) is 48.2 Å². The molecule has 1 N–H and O–H groups in total. The van der Waals surface area contributed by atoms with Crippen molar-refractivity contribution in [2.75, 3.05) is 19.7 Å². The number of rotatable bonds is 13. The lowest BCUT2D eigenvalue weighted by molar-refractivity contribution is -0.132. The Hall–Kier alpha value is -3.80. The number of likely N-dealkylation sites (tertiary alicyclic amines) is 1. The number of ether oxygens (including phenoxy) is 2. The minimum absolute atomic E-state index is 0.0270. The molecule has 2 atom stereocenters. The molecule has 4 rings (SSSR count). The van der Waals surface area contributed by atoms with Crippen LogP contribution in [0.4, 0.5) is 4.79 Å². The second-order valence-corrected chi connectivity index (χ2v) is 11.9. The standard InChI is InChI=1S/C35H44N2O4/c1-5-11-29-24-30(37(33(29)38)23-21-28-15-10-14-27-13-6-7-16-32(27)28)25-40-31-19-17-26(18-20-31)12-8-9-22-36-34(39)41-35(2,3)4/h5-7,10,13-20,29-30H,1,8-9,11-12,21-25H2,2-4H3,(H,36,39)/t29-,30+/m1/s1. The average molecular weight is 557 g/mol. The Kier molecular flexibility index (Phi) is 10.4. The molecule has 1 saturated heterocycles. The van der Waals surface area contributed by atoms with E-state index in [0.717, 1.165) is 37.9 Å². The SMILES string of the molecule is C=CC[C@@H]1C[C@@H](COc2ccc(CCCCNC(=O)OC(C)(C)C)cc2)N(CCc2cccc3ccccc23)C1=O. The van der Waals surface area contributed by atoms with E-state index in [9.17, 15) is 9.59 Å². The topological polar surface area (TPSA) is 67.9 Å². The van der Waals surface area contributed by atoms with E-state index >= 15 is 0 Å². The summed E-state index contributed by atoms with van der Waals surface area (Å²) in [5, 5.41) is 5.28. The molecule has 41 heavy (non-hydrogen) atoms. The molecule has 0 radical (unpaired) electrons. The van der Waals surface area contributed by atoms with E-state index in [4.69, 9.17) is 9.47 Å². The van der Waals surface area contributed by atoms with E-state index in [1.807, 2.05) is 43.9 Å². The predicted octanol–water partition coefficient (Wildman–Crippen LogP) is 7.10. The minimum Gasteiger partial charge on any atom is -0.491 e. The van der Waals surface area contributed by atoms with Crippen molar-refractivity contribution in [1.82, 2.24) is 10.2 Å². The molecule has 0 unspecified atom stereocenters. The Labute approximate surface area is 244 Å². The lowest BCUT2D eigenvalue weighted by Gasteiger charge is -2.25. The molecular weight excluding hydrogens is 512 g/mol. The van der Waals surface area contributed by atoms with Crippen LogP contribution in [0.15, 0.2) is 79.4 Å². The van der Waals surface area contributed by atoms with Crippen LogP contribution >= 0.6 is 0 Å². The van der Waals surface area contributed by atoms with Crippen LogP contribution in [0.3, 0.4) is 0 Å². The van der Waals surface area contributed by atoms with Gasteiger partial charge in [0.1, 0.15) is 18.0 Å². The summed E-state index contributed by atoms with van der Waals surface area (Å²) in [5.41, 5.74) is 2.01. The number of carbonyl (C=O) groups excluding carboxylic acids is 2. The summed E-state index contributed by atoms with van der Waals surface area (Å²) in [6, 6.07) is 23.0. The van der Waals surface area contributed by atoms with Gasteiger partial charge in [0, 0.05) is 19.0 Å². The van der Waals surface area contributed by atoms with Gasteiger partial charge in [-0.25, -0.2) is 4.79 Å². The Morgan fingerprint density at radius 3 is 2.54 bits per heavy atom. The Morgan fingerprint density at radius 2 is 1.78 bits per heavy atom. The minimum atomic E-state index is -0.482. The van der Waals surface area contributed by atoms with E-state index in [-0.39, 0.29) is 24.0 Å². The maximum absolute atomic E-state index is 13.3. The highest BCUT2D eigenvalue weighted by Crippen LogP contribution is 2.29. The zero-order valence-electron chi connectivity index (χ0n) is 24.7. The molecule has 0 bridgehead atoms. The Morgan fingerprint density at radius 1 is 1.02 bits per heavy atom. The average Bonchev–Trinajstić information content (AvgIpc) is 3.24. The van der Waals surface area contributed by atoms with Gasteiger partial charge < -0.3 is 19.7 Å². The fraction of sp³-hybridized carbons (Fsp3) is 0.429. The number of amides is 2. The van der Waals surface area contributed by atoms with Crippen molar-refractivity contribution < 1.29 is 19.1 Å². The summed E-state index contributed by atoms with van der Waals surface area (Å²) in [5.74, 6) is 0.991. The molecule has 6 heteroatoms. The largest absolute Gasteiger partial charge is 0.491 e. The van der Waals surface area contributed by atoms with Gasteiger partial charge in [0.25, 0.3) is 0 Å². The number of benzene rings is 3. The molecule has 3 aromatic rings. The second-order valence-electron chi connectivity index (χ2n) is 11.9. The van der Waals surface area contributed by atoms with Gasteiger partial charge in [0.05, 0.1) is 6.04 Å². The van der Waals surface area contributed by atoms with E-state index in [1.165, 1.54) is 21.9 Å². The first kappa shape index (κ1) is 30.2. The van der Waals surface area contributed by atoms with Gasteiger partial charge in [-0.05, 0) is 93.3 Å². The van der Waals surface area contributed by atoms with E-state index < -0.39 is 5.60 Å². The molecule has 1 fully saturated rings. The molecule has 0 aromatic heterocycles. The first-order valence-electron chi connectivity index (χ1n) is 14.8. The first-order chi connectivity index (χ1) is 19.7. The maximum Gasteiger partial charge on any atom is 0.407 e. The normalized spacial score (nSPS) is 17.0. The monoisotopic (exact) mass is 556 g/mol. The molecule has 2 amide bonds. The summed E-state index contributed by atoms with van der Waals surface area (Å²) in [6.45, 7) is 11.2. The summed E-state index contributed by atoms with van der Waals surface area (Å²) in [6.07, 6.45) is 6.56. The molecule has 3 aromatic carbocycles. The van der Waals surface area contributed by atoms with Crippen LogP contribution in [-0.2, 0) is 22.4 Å². The van der Waals surface area contributed by atoms with Gasteiger partial charge in [-0.1, -0.05) is 60.7 Å². The lowest BCUT2D eigenvalue weighted by Crippen LogP contribution is -2.38. The molecule has 218 valence electrons. The fourth-order valence-electron chi connectivity index (χ4n) is 5.47. The molecule has 1 aliphatic heterocycles. The lowest BCUT2D eigenvalue weighted by atomic mass is 10.0. The van der Waals surface area contributed by atoms with Gasteiger partial charge in [0.15, 0.2) is 0 Å². The molecule has 6 nitrogen and oxygen atoms in total. The number of nitrogens with zero attached hydrogens (tertiary/aromatic N) is 1. The number of fused-ring (bicyclic) bond motifs is 1. The third kappa shape index (κ3) is 8.84. The van der Waals surface area contributed by atoms with Crippen LogP contribution in [0.5, 0.6) is 5.75 Å². The second kappa shape index (κ2) is 14.2. The van der Waals surface area contributed by atoms with Gasteiger partial charge in [-0.15, -0.1) is 6.58 Å². The Bertz CT molecular complexity index is 1310. The number of hydrogen-bond acceptors (Lipinski definition) is 4. The summed E-state index contributed by atoms with van der Waals surface area (Å²) in [4.78, 5) is 27.1. The van der Waals surface area contributed by atoms with Crippen molar-refractivity contribution in [2.24, 2.45) is 5.92 Å². The zero-order chi connectivity index (χ0) is 29.2. The van der Waals surface area contributed by atoms with Crippen molar-refractivity contribution in [3.05, 3.63) is 90.5 Å². The number of nitrogens with one attached hydrogen (secondary N) is 1. The maximum atomic E-state index is 13.3.